The Morgan fingerprint density at radius 3 is 2.81 bits per heavy atom. The summed E-state index contributed by atoms with van der Waals surface area (Å²) in [6.07, 6.45) is 3.37. The zero-order valence-corrected chi connectivity index (χ0v) is 14.7. The molecule has 0 radical (unpaired) electrons. The third-order valence-electron chi connectivity index (χ3n) is 4.01. The molecule has 6 heteroatoms. The molecule has 2 aromatic carbocycles. The number of hydrogen-bond acceptors (Lipinski definition) is 4. The van der Waals surface area contributed by atoms with Gasteiger partial charge >= 0.3 is 0 Å². The first-order valence-electron chi connectivity index (χ1n) is 8.72. The predicted octanol–water partition coefficient (Wildman–Crippen LogP) is 3.38. The van der Waals surface area contributed by atoms with Gasteiger partial charge in [0.15, 0.2) is 13.2 Å². The fourth-order valence-corrected chi connectivity index (χ4v) is 2.63. The molecular formula is C20H22N2O4. The Morgan fingerprint density at radius 2 is 2.04 bits per heavy atom. The lowest BCUT2D eigenvalue weighted by molar-refractivity contribution is -0.119. The Balaban J connectivity index is 1.51. The molecule has 0 atom stereocenters. The lowest BCUT2D eigenvalue weighted by Crippen LogP contribution is -2.25. The molecule has 0 bridgehead atoms. The third kappa shape index (κ3) is 4.75. The SMILES string of the molecule is CCCCc1ccc(NC(=O)COc2ccc3c(c2)NC(=O)CO3)cc1. The van der Waals surface area contributed by atoms with E-state index in [1.807, 2.05) is 24.3 Å². The Kier molecular flexibility index (Phi) is 5.73. The molecule has 3 rings (SSSR count). The predicted molar refractivity (Wildman–Crippen MR) is 99.7 cm³/mol. The first-order valence-corrected chi connectivity index (χ1v) is 8.72. The van der Waals surface area contributed by atoms with Gasteiger partial charge in [-0.15, -0.1) is 0 Å². The van der Waals surface area contributed by atoms with Crippen LogP contribution in [0, 0.1) is 0 Å². The van der Waals surface area contributed by atoms with Gasteiger partial charge < -0.3 is 20.1 Å². The van der Waals surface area contributed by atoms with Crippen LogP contribution in [-0.4, -0.2) is 25.0 Å². The van der Waals surface area contributed by atoms with E-state index in [1.165, 1.54) is 5.56 Å². The number of amides is 2. The van der Waals surface area contributed by atoms with Gasteiger partial charge in [-0.3, -0.25) is 9.59 Å². The monoisotopic (exact) mass is 354 g/mol. The fraction of sp³-hybridized carbons (Fsp3) is 0.300. The second-order valence-corrected chi connectivity index (χ2v) is 6.13. The minimum atomic E-state index is -0.246. The summed E-state index contributed by atoms with van der Waals surface area (Å²) >= 11 is 0. The van der Waals surface area contributed by atoms with Crippen LogP contribution in [-0.2, 0) is 16.0 Å². The summed E-state index contributed by atoms with van der Waals surface area (Å²) in [5.74, 6) is 0.614. The number of fused-ring (bicyclic) bond motifs is 1. The van der Waals surface area contributed by atoms with Gasteiger partial charge in [0.05, 0.1) is 5.69 Å². The molecule has 0 aromatic heterocycles. The molecule has 0 fully saturated rings. The maximum atomic E-state index is 12.1. The number of hydrogen-bond donors (Lipinski definition) is 2. The van der Waals surface area contributed by atoms with Gasteiger partial charge in [-0.1, -0.05) is 25.5 Å². The van der Waals surface area contributed by atoms with Crippen molar-refractivity contribution in [2.24, 2.45) is 0 Å². The van der Waals surface area contributed by atoms with Crippen LogP contribution >= 0.6 is 0 Å². The minimum Gasteiger partial charge on any atom is -0.484 e. The molecule has 0 spiro atoms. The van der Waals surface area contributed by atoms with Crippen LogP contribution in [0.1, 0.15) is 25.3 Å². The van der Waals surface area contributed by atoms with Crippen molar-refractivity contribution in [2.75, 3.05) is 23.8 Å². The van der Waals surface area contributed by atoms with Crippen LogP contribution in [0.15, 0.2) is 42.5 Å². The lowest BCUT2D eigenvalue weighted by Gasteiger charge is -2.18. The fourth-order valence-electron chi connectivity index (χ4n) is 2.63. The number of benzene rings is 2. The van der Waals surface area contributed by atoms with Gasteiger partial charge in [0.1, 0.15) is 11.5 Å². The second kappa shape index (κ2) is 8.38. The second-order valence-electron chi connectivity index (χ2n) is 6.13. The van der Waals surface area contributed by atoms with E-state index < -0.39 is 0 Å². The number of unbranched alkanes of at least 4 members (excludes halogenated alkanes) is 1. The van der Waals surface area contributed by atoms with Gasteiger partial charge in [0.25, 0.3) is 11.8 Å². The summed E-state index contributed by atoms with van der Waals surface area (Å²) in [6, 6.07) is 12.9. The van der Waals surface area contributed by atoms with Crippen molar-refractivity contribution < 1.29 is 19.1 Å². The molecule has 136 valence electrons. The van der Waals surface area contributed by atoms with E-state index in [2.05, 4.69) is 17.6 Å². The first kappa shape index (κ1) is 17.8. The zero-order valence-electron chi connectivity index (χ0n) is 14.7. The van der Waals surface area contributed by atoms with Gasteiger partial charge in [-0.2, -0.15) is 0 Å². The molecule has 2 amide bonds. The van der Waals surface area contributed by atoms with Crippen molar-refractivity contribution in [1.82, 2.24) is 0 Å². The van der Waals surface area contributed by atoms with Crippen LogP contribution in [0.5, 0.6) is 11.5 Å². The molecule has 6 nitrogen and oxygen atoms in total. The maximum Gasteiger partial charge on any atom is 0.262 e. The highest BCUT2D eigenvalue weighted by Crippen LogP contribution is 2.31. The van der Waals surface area contributed by atoms with Gasteiger partial charge in [0.2, 0.25) is 0 Å². The largest absolute Gasteiger partial charge is 0.484 e. The van der Waals surface area contributed by atoms with Crippen molar-refractivity contribution >= 4 is 23.2 Å². The highest BCUT2D eigenvalue weighted by molar-refractivity contribution is 5.95. The van der Waals surface area contributed by atoms with Crippen LogP contribution < -0.4 is 20.1 Å². The third-order valence-corrected chi connectivity index (χ3v) is 4.01. The molecule has 0 saturated carbocycles. The zero-order chi connectivity index (χ0) is 18.4. The Hall–Kier alpha value is -3.02. The first-order chi connectivity index (χ1) is 12.6. The molecule has 1 aliphatic heterocycles. The molecule has 0 aliphatic carbocycles. The standard InChI is InChI=1S/C20H22N2O4/c1-2-3-4-14-5-7-15(8-6-14)21-19(23)12-25-16-9-10-18-17(11-16)22-20(24)13-26-18/h5-11H,2-4,12-13H2,1H3,(H,21,23)(H,22,24). The normalized spacial score (nSPS) is 12.6. The number of aryl methyl sites for hydroxylation is 1. The maximum absolute atomic E-state index is 12.1. The molecular weight excluding hydrogens is 332 g/mol. The van der Waals surface area contributed by atoms with Gasteiger partial charge in [-0.25, -0.2) is 0 Å². The highest BCUT2D eigenvalue weighted by Gasteiger charge is 2.16. The molecule has 0 unspecified atom stereocenters. The van der Waals surface area contributed by atoms with E-state index in [4.69, 9.17) is 9.47 Å². The average Bonchev–Trinajstić information content (AvgIpc) is 2.65. The molecule has 2 aromatic rings. The molecule has 26 heavy (non-hydrogen) atoms. The summed E-state index contributed by atoms with van der Waals surface area (Å²) in [6.45, 7) is 2.05. The van der Waals surface area contributed by atoms with Crippen molar-refractivity contribution in [1.29, 1.82) is 0 Å². The van der Waals surface area contributed by atoms with Crippen LogP contribution in [0.2, 0.25) is 0 Å². The van der Waals surface area contributed by atoms with Gasteiger partial charge in [0, 0.05) is 11.8 Å². The summed E-state index contributed by atoms with van der Waals surface area (Å²) in [5, 5.41) is 5.51. The summed E-state index contributed by atoms with van der Waals surface area (Å²) in [4.78, 5) is 23.4. The number of anilines is 2. The van der Waals surface area contributed by atoms with Crippen molar-refractivity contribution in [3.63, 3.8) is 0 Å². The lowest BCUT2D eigenvalue weighted by atomic mass is 10.1. The van der Waals surface area contributed by atoms with Crippen molar-refractivity contribution in [2.45, 2.75) is 26.2 Å². The van der Waals surface area contributed by atoms with Crippen LogP contribution in [0.25, 0.3) is 0 Å². The van der Waals surface area contributed by atoms with Gasteiger partial charge in [-0.05, 0) is 42.7 Å². The topological polar surface area (TPSA) is 76.7 Å². The molecule has 0 saturated heterocycles. The smallest absolute Gasteiger partial charge is 0.262 e. The number of carbonyl (C=O) groups is 2. The van der Waals surface area contributed by atoms with E-state index >= 15 is 0 Å². The Labute approximate surface area is 152 Å². The van der Waals surface area contributed by atoms with E-state index in [0.29, 0.717) is 17.2 Å². The minimum absolute atomic E-state index is 0.00679. The van der Waals surface area contributed by atoms with Crippen molar-refractivity contribution in [3.8, 4) is 11.5 Å². The van der Waals surface area contributed by atoms with Crippen molar-refractivity contribution in [3.05, 3.63) is 48.0 Å². The van der Waals surface area contributed by atoms with Crippen LogP contribution in [0.3, 0.4) is 0 Å². The number of carbonyl (C=O) groups excluding carboxylic acids is 2. The summed E-state index contributed by atoms with van der Waals surface area (Å²) in [5.41, 5.74) is 2.55. The van der Waals surface area contributed by atoms with E-state index in [1.54, 1.807) is 18.2 Å². The quantitative estimate of drug-likeness (QED) is 0.799. The average molecular weight is 354 g/mol. The van der Waals surface area contributed by atoms with Crippen LogP contribution in [0.4, 0.5) is 11.4 Å². The Morgan fingerprint density at radius 1 is 1.23 bits per heavy atom. The van der Waals surface area contributed by atoms with E-state index in [0.717, 1.165) is 24.9 Å². The molecule has 1 aliphatic rings. The van der Waals surface area contributed by atoms with E-state index in [9.17, 15) is 9.59 Å². The number of rotatable bonds is 7. The number of nitrogens with one attached hydrogen (secondary N) is 2. The van der Waals surface area contributed by atoms with E-state index in [-0.39, 0.29) is 25.0 Å². The number of ether oxygens (including phenoxy) is 2. The molecule has 2 N–H and O–H groups in total. The Bertz CT molecular complexity index is 787. The molecule has 1 heterocycles. The summed E-state index contributed by atoms with van der Waals surface area (Å²) < 4.78 is 10.8. The summed E-state index contributed by atoms with van der Waals surface area (Å²) in [7, 11) is 0. The highest BCUT2D eigenvalue weighted by atomic mass is 16.5.